The lowest BCUT2D eigenvalue weighted by Crippen LogP contribution is -2.54. The molecule has 2 fully saturated rings. The number of ether oxygens (including phenoxy) is 1. The molecule has 0 saturated carbocycles. The van der Waals surface area contributed by atoms with Crippen molar-refractivity contribution in [3.8, 4) is 0 Å². The first-order valence-electron chi connectivity index (χ1n) is 5.77. The minimum absolute atomic E-state index is 0. The fourth-order valence-electron chi connectivity index (χ4n) is 2.32. The smallest absolute Gasteiger partial charge is 0.134 e. The van der Waals surface area contributed by atoms with Crippen LogP contribution in [0.5, 0.6) is 0 Å². The summed E-state index contributed by atoms with van der Waals surface area (Å²) in [5, 5.41) is 0. The number of piperidine rings is 1. The first kappa shape index (κ1) is 14.9. The van der Waals surface area contributed by atoms with Crippen molar-refractivity contribution in [2.24, 2.45) is 0 Å². The van der Waals surface area contributed by atoms with Crippen LogP contribution in [0.4, 0.5) is 0 Å². The van der Waals surface area contributed by atoms with Crippen LogP contribution in [0.2, 0.25) is 0 Å². The number of rotatable bonds is 0. The first-order valence-corrected chi connectivity index (χ1v) is 5.77. The quantitative estimate of drug-likeness (QED) is 0.616. The van der Waals surface area contributed by atoms with Gasteiger partial charge in [0, 0.05) is 13.1 Å². The Morgan fingerprint density at radius 3 is 2.27 bits per heavy atom. The summed E-state index contributed by atoms with van der Waals surface area (Å²) in [5.41, 5.74) is 0.0625. The molecule has 0 amide bonds. The summed E-state index contributed by atoms with van der Waals surface area (Å²) < 4.78 is 5.85. The van der Waals surface area contributed by atoms with Gasteiger partial charge in [0.25, 0.3) is 0 Å². The van der Waals surface area contributed by atoms with E-state index in [2.05, 4.69) is 23.9 Å². The van der Waals surface area contributed by atoms with Gasteiger partial charge in [-0.25, -0.2) is 0 Å². The van der Waals surface area contributed by atoms with Crippen LogP contribution in [0.3, 0.4) is 0 Å². The summed E-state index contributed by atoms with van der Waals surface area (Å²) in [4.78, 5) is 4.73. The standard InChI is InChI=1S/C9H18N2O.C2H6.CH4/c1-10-5-3-4-9(8-10)11(2)6-7-12-9;1-2;/h3-8H2,1-2H3;1-2H3;1H4. The average Bonchev–Trinajstić information content (AvgIpc) is 2.51. The fourth-order valence-corrected chi connectivity index (χ4v) is 2.32. The van der Waals surface area contributed by atoms with Gasteiger partial charge >= 0.3 is 0 Å². The molecule has 0 aliphatic carbocycles. The van der Waals surface area contributed by atoms with Crippen LogP contribution in [0.25, 0.3) is 0 Å². The Morgan fingerprint density at radius 1 is 1.13 bits per heavy atom. The highest BCUT2D eigenvalue weighted by Gasteiger charge is 2.42. The molecule has 2 rings (SSSR count). The Balaban J connectivity index is 0.000000617. The van der Waals surface area contributed by atoms with Gasteiger partial charge in [0.2, 0.25) is 0 Å². The number of hydrogen-bond donors (Lipinski definition) is 0. The minimum Gasteiger partial charge on any atom is -0.358 e. The molecule has 3 heteroatoms. The highest BCUT2D eigenvalue weighted by atomic mass is 16.5. The molecule has 2 aliphatic heterocycles. The highest BCUT2D eigenvalue weighted by molar-refractivity contribution is 4.90. The van der Waals surface area contributed by atoms with Crippen LogP contribution in [0.1, 0.15) is 34.1 Å². The molecule has 0 aromatic carbocycles. The highest BCUT2D eigenvalue weighted by Crippen LogP contribution is 2.30. The molecule has 2 aliphatic rings. The van der Waals surface area contributed by atoms with Gasteiger partial charge in [-0.2, -0.15) is 0 Å². The van der Waals surface area contributed by atoms with Gasteiger partial charge in [0.1, 0.15) is 5.72 Å². The molecule has 3 nitrogen and oxygen atoms in total. The van der Waals surface area contributed by atoms with E-state index in [9.17, 15) is 0 Å². The Morgan fingerprint density at radius 2 is 1.80 bits per heavy atom. The van der Waals surface area contributed by atoms with Crippen molar-refractivity contribution in [2.45, 2.75) is 39.8 Å². The maximum atomic E-state index is 5.85. The summed E-state index contributed by atoms with van der Waals surface area (Å²) in [5.74, 6) is 0. The van der Waals surface area contributed by atoms with E-state index >= 15 is 0 Å². The molecular weight excluding hydrogens is 188 g/mol. The van der Waals surface area contributed by atoms with Crippen molar-refractivity contribution in [1.82, 2.24) is 9.80 Å². The third kappa shape index (κ3) is 3.16. The topological polar surface area (TPSA) is 15.7 Å². The van der Waals surface area contributed by atoms with Crippen LogP contribution >= 0.6 is 0 Å². The third-order valence-electron chi connectivity index (χ3n) is 3.12. The van der Waals surface area contributed by atoms with E-state index in [0.717, 1.165) is 19.7 Å². The van der Waals surface area contributed by atoms with E-state index in [1.54, 1.807) is 0 Å². The minimum atomic E-state index is 0. The lowest BCUT2D eigenvalue weighted by Gasteiger charge is -2.41. The largest absolute Gasteiger partial charge is 0.358 e. The number of likely N-dealkylation sites (N-methyl/N-ethyl adjacent to an activating group) is 2. The van der Waals surface area contributed by atoms with Gasteiger partial charge in [-0.3, -0.25) is 4.90 Å². The summed E-state index contributed by atoms with van der Waals surface area (Å²) >= 11 is 0. The van der Waals surface area contributed by atoms with E-state index in [1.807, 2.05) is 13.8 Å². The van der Waals surface area contributed by atoms with E-state index in [-0.39, 0.29) is 13.2 Å². The zero-order valence-corrected chi connectivity index (χ0v) is 10.0. The Bertz CT molecular complexity index is 175. The zero-order valence-electron chi connectivity index (χ0n) is 10.0. The monoisotopic (exact) mass is 216 g/mol. The van der Waals surface area contributed by atoms with Crippen molar-refractivity contribution >= 4 is 0 Å². The second-order valence-corrected chi connectivity index (χ2v) is 4.06. The summed E-state index contributed by atoms with van der Waals surface area (Å²) in [6.07, 6.45) is 2.47. The van der Waals surface area contributed by atoms with Crippen molar-refractivity contribution in [3.05, 3.63) is 0 Å². The van der Waals surface area contributed by atoms with Gasteiger partial charge in [0.05, 0.1) is 6.61 Å². The summed E-state index contributed by atoms with van der Waals surface area (Å²) in [6, 6.07) is 0. The molecule has 2 saturated heterocycles. The van der Waals surface area contributed by atoms with Crippen molar-refractivity contribution in [2.75, 3.05) is 40.3 Å². The molecule has 1 unspecified atom stereocenters. The van der Waals surface area contributed by atoms with E-state index in [1.165, 1.54) is 19.4 Å². The van der Waals surface area contributed by atoms with E-state index in [0.29, 0.717) is 0 Å². The maximum Gasteiger partial charge on any atom is 0.134 e. The second-order valence-electron chi connectivity index (χ2n) is 4.06. The van der Waals surface area contributed by atoms with Crippen LogP contribution in [-0.4, -0.2) is 55.9 Å². The predicted molar refractivity (Wildman–Crippen MR) is 66.1 cm³/mol. The molecule has 1 atom stereocenters. The van der Waals surface area contributed by atoms with Crippen LogP contribution in [0.15, 0.2) is 0 Å². The molecule has 0 N–H and O–H groups in total. The molecular formula is C12H28N2O. The Kier molecular flexibility index (Phi) is 6.41. The van der Waals surface area contributed by atoms with Crippen molar-refractivity contribution < 1.29 is 4.74 Å². The van der Waals surface area contributed by atoms with Crippen LogP contribution in [0, 0.1) is 0 Å². The van der Waals surface area contributed by atoms with Gasteiger partial charge in [-0.1, -0.05) is 21.3 Å². The number of hydrogen-bond acceptors (Lipinski definition) is 3. The molecule has 0 aromatic rings. The van der Waals surface area contributed by atoms with Gasteiger partial charge in [-0.15, -0.1) is 0 Å². The molecule has 92 valence electrons. The van der Waals surface area contributed by atoms with E-state index < -0.39 is 0 Å². The van der Waals surface area contributed by atoms with Crippen molar-refractivity contribution in [1.29, 1.82) is 0 Å². The predicted octanol–water partition coefficient (Wildman–Crippen LogP) is 2.03. The van der Waals surface area contributed by atoms with Gasteiger partial charge in [0.15, 0.2) is 0 Å². The second kappa shape index (κ2) is 6.46. The fraction of sp³-hybridized carbons (Fsp3) is 1.00. The van der Waals surface area contributed by atoms with Crippen LogP contribution < -0.4 is 0 Å². The molecule has 0 radical (unpaired) electrons. The van der Waals surface area contributed by atoms with Gasteiger partial charge in [-0.05, 0) is 33.5 Å². The van der Waals surface area contributed by atoms with Gasteiger partial charge < -0.3 is 9.64 Å². The van der Waals surface area contributed by atoms with E-state index in [4.69, 9.17) is 4.74 Å². The maximum absolute atomic E-state index is 5.85. The summed E-state index contributed by atoms with van der Waals surface area (Å²) in [6.45, 7) is 8.29. The molecule has 0 aromatic heterocycles. The SMILES string of the molecule is C.CC.CN1CCCC2(C1)OCCN2C. The Labute approximate surface area is 95.4 Å². The molecule has 1 spiro atoms. The normalized spacial score (nSPS) is 32.0. The average molecular weight is 216 g/mol. The Hall–Kier alpha value is -0.120. The summed E-state index contributed by atoms with van der Waals surface area (Å²) in [7, 11) is 4.35. The number of nitrogens with zero attached hydrogens (tertiary/aromatic N) is 2. The van der Waals surface area contributed by atoms with Crippen LogP contribution in [-0.2, 0) is 4.74 Å². The number of likely N-dealkylation sites (tertiary alicyclic amines) is 1. The lowest BCUT2D eigenvalue weighted by molar-refractivity contribution is -0.112. The zero-order chi connectivity index (χ0) is 10.6. The molecule has 2 heterocycles. The third-order valence-corrected chi connectivity index (χ3v) is 3.12. The first-order chi connectivity index (χ1) is 6.73. The molecule has 15 heavy (non-hydrogen) atoms. The molecule has 0 bridgehead atoms. The lowest BCUT2D eigenvalue weighted by atomic mass is 10.0. The van der Waals surface area contributed by atoms with Crippen molar-refractivity contribution in [3.63, 3.8) is 0 Å².